The Balaban J connectivity index is 1.76. The SMILES string of the molecule is CC(=O)Nc1ccc(-c2csc(-c3ccc(OC(C)C)nc3)n2)cc1. The van der Waals surface area contributed by atoms with Gasteiger partial charge in [0.1, 0.15) is 5.01 Å². The number of hydrogen-bond donors (Lipinski definition) is 1. The zero-order chi connectivity index (χ0) is 17.8. The van der Waals surface area contributed by atoms with Gasteiger partial charge < -0.3 is 10.1 Å². The number of rotatable bonds is 5. The van der Waals surface area contributed by atoms with E-state index in [1.54, 1.807) is 17.5 Å². The van der Waals surface area contributed by atoms with Gasteiger partial charge in [-0.15, -0.1) is 11.3 Å². The number of ether oxygens (including phenoxy) is 1. The average Bonchev–Trinajstić information content (AvgIpc) is 3.05. The second-order valence-electron chi connectivity index (χ2n) is 5.85. The quantitative estimate of drug-likeness (QED) is 0.727. The Morgan fingerprint density at radius 3 is 2.44 bits per heavy atom. The molecular formula is C19H19N3O2S. The van der Waals surface area contributed by atoms with Crippen LogP contribution >= 0.6 is 11.3 Å². The first-order valence-electron chi connectivity index (χ1n) is 7.98. The summed E-state index contributed by atoms with van der Waals surface area (Å²) in [6, 6.07) is 11.5. The van der Waals surface area contributed by atoms with Crippen molar-refractivity contribution in [1.29, 1.82) is 0 Å². The highest BCUT2D eigenvalue weighted by Crippen LogP contribution is 2.29. The Kier molecular flexibility index (Phi) is 5.09. The zero-order valence-corrected chi connectivity index (χ0v) is 15.1. The van der Waals surface area contributed by atoms with Crippen molar-refractivity contribution in [3.63, 3.8) is 0 Å². The van der Waals surface area contributed by atoms with Gasteiger partial charge >= 0.3 is 0 Å². The van der Waals surface area contributed by atoms with E-state index in [9.17, 15) is 4.79 Å². The van der Waals surface area contributed by atoms with Crippen LogP contribution in [0.5, 0.6) is 5.88 Å². The summed E-state index contributed by atoms with van der Waals surface area (Å²) in [6.07, 6.45) is 1.88. The van der Waals surface area contributed by atoms with Crippen molar-refractivity contribution >= 4 is 22.9 Å². The van der Waals surface area contributed by atoms with Crippen LogP contribution < -0.4 is 10.1 Å². The summed E-state index contributed by atoms with van der Waals surface area (Å²) < 4.78 is 5.56. The molecule has 0 spiro atoms. The van der Waals surface area contributed by atoms with Crippen LogP contribution in [0.2, 0.25) is 0 Å². The third-order valence-electron chi connectivity index (χ3n) is 3.34. The highest BCUT2D eigenvalue weighted by Gasteiger charge is 2.08. The number of nitrogens with zero attached hydrogens (tertiary/aromatic N) is 2. The molecule has 0 unspecified atom stereocenters. The predicted octanol–water partition coefficient (Wildman–Crippen LogP) is 4.62. The first kappa shape index (κ1) is 17.1. The summed E-state index contributed by atoms with van der Waals surface area (Å²) in [4.78, 5) is 20.1. The summed E-state index contributed by atoms with van der Waals surface area (Å²) in [6.45, 7) is 5.44. The molecule has 2 aromatic heterocycles. The van der Waals surface area contributed by atoms with Crippen LogP contribution in [0, 0.1) is 0 Å². The zero-order valence-electron chi connectivity index (χ0n) is 14.3. The van der Waals surface area contributed by atoms with Crippen LogP contribution in [-0.2, 0) is 4.79 Å². The molecule has 0 fully saturated rings. The number of thiazole rings is 1. The van der Waals surface area contributed by atoms with Crippen molar-refractivity contribution in [3.05, 3.63) is 48.0 Å². The molecule has 0 aliphatic carbocycles. The summed E-state index contributed by atoms with van der Waals surface area (Å²) in [5, 5.41) is 5.68. The Bertz CT molecular complexity index is 855. The highest BCUT2D eigenvalue weighted by molar-refractivity contribution is 7.13. The molecule has 2 heterocycles. The topological polar surface area (TPSA) is 64.1 Å². The monoisotopic (exact) mass is 353 g/mol. The van der Waals surface area contributed by atoms with Crippen LogP contribution in [0.3, 0.4) is 0 Å². The summed E-state index contributed by atoms with van der Waals surface area (Å²) in [5.74, 6) is 0.533. The number of anilines is 1. The fraction of sp³-hybridized carbons (Fsp3) is 0.211. The lowest BCUT2D eigenvalue weighted by atomic mass is 10.1. The van der Waals surface area contributed by atoms with Gasteiger partial charge in [-0.05, 0) is 32.0 Å². The average molecular weight is 353 g/mol. The smallest absolute Gasteiger partial charge is 0.221 e. The molecule has 1 aromatic carbocycles. The van der Waals surface area contributed by atoms with Gasteiger partial charge in [-0.1, -0.05) is 12.1 Å². The van der Waals surface area contributed by atoms with Crippen molar-refractivity contribution in [2.75, 3.05) is 5.32 Å². The van der Waals surface area contributed by atoms with Gasteiger partial charge in [-0.3, -0.25) is 4.79 Å². The molecule has 0 radical (unpaired) electrons. The minimum atomic E-state index is -0.0823. The third-order valence-corrected chi connectivity index (χ3v) is 4.24. The fourth-order valence-electron chi connectivity index (χ4n) is 2.28. The van der Waals surface area contributed by atoms with E-state index in [4.69, 9.17) is 4.74 Å². The number of carbonyl (C=O) groups is 1. The lowest BCUT2D eigenvalue weighted by molar-refractivity contribution is -0.114. The second kappa shape index (κ2) is 7.44. The first-order valence-corrected chi connectivity index (χ1v) is 8.86. The van der Waals surface area contributed by atoms with Gasteiger partial charge in [0.05, 0.1) is 11.8 Å². The molecular weight excluding hydrogens is 334 g/mol. The van der Waals surface area contributed by atoms with Gasteiger partial charge in [0.2, 0.25) is 11.8 Å². The fourth-order valence-corrected chi connectivity index (χ4v) is 3.10. The maximum atomic E-state index is 11.1. The lowest BCUT2D eigenvalue weighted by Crippen LogP contribution is -2.06. The number of benzene rings is 1. The maximum absolute atomic E-state index is 11.1. The lowest BCUT2D eigenvalue weighted by Gasteiger charge is -2.08. The first-order chi connectivity index (χ1) is 12.0. The molecule has 25 heavy (non-hydrogen) atoms. The number of nitrogens with one attached hydrogen (secondary N) is 1. The number of pyridine rings is 1. The maximum Gasteiger partial charge on any atom is 0.221 e. The Morgan fingerprint density at radius 2 is 1.84 bits per heavy atom. The van der Waals surface area contributed by atoms with Crippen LogP contribution in [0.4, 0.5) is 5.69 Å². The molecule has 1 N–H and O–H groups in total. The van der Waals surface area contributed by atoms with Gasteiger partial charge in [0, 0.05) is 41.4 Å². The molecule has 0 saturated carbocycles. The van der Waals surface area contributed by atoms with E-state index in [1.807, 2.05) is 55.6 Å². The molecule has 3 rings (SSSR count). The van der Waals surface area contributed by atoms with E-state index in [-0.39, 0.29) is 12.0 Å². The highest BCUT2D eigenvalue weighted by atomic mass is 32.1. The second-order valence-corrected chi connectivity index (χ2v) is 6.71. The van der Waals surface area contributed by atoms with Crippen molar-refractivity contribution in [2.24, 2.45) is 0 Å². The number of carbonyl (C=O) groups excluding carboxylic acids is 1. The minimum absolute atomic E-state index is 0.0823. The van der Waals surface area contributed by atoms with E-state index in [0.717, 1.165) is 27.5 Å². The van der Waals surface area contributed by atoms with Crippen LogP contribution in [0.25, 0.3) is 21.8 Å². The van der Waals surface area contributed by atoms with E-state index < -0.39 is 0 Å². The molecule has 3 aromatic rings. The van der Waals surface area contributed by atoms with Crippen LogP contribution in [-0.4, -0.2) is 22.0 Å². The Hall–Kier alpha value is -2.73. The molecule has 128 valence electrons. The number of hydrogen-bond acceptors (Lipinski definition) is 5. The normalized spacial score (nSPS) is 10.7. The molecule has 0 atom stereocenters. The van der Waals surface area contributed by atoms with Gasteiger partial charge in [-0.25, -0.2) is 9.97 Å². The van der Waals surface area contributed by atoms with Gasteiger partial charge in [-0.2, -0.15) is 0 Å². The molecule has 0 aliphatic rings. The standard InChI is InChI=1S/C19H19N3O2S/c1-12(2)24-18-9-6-15(10-20-18)19-22-17(11-25-19)14-4-7-16(8-5-14)21-13(3)23/h4-12H,1-3H3,(H,21,23). The Morgan fingerprint density at radius 1 is 1.12 bits per heavy atom. The van der Waals surface area contributed by atoms with Crippen molar-refractivity contribution in [2.45, 2.75) is 26.9 Å². The van der Waals surface area contributed by atoms with Crippen molar-refractivity contribution in [3.8, 4) is 27.7 Å². The predicted molar refractivity (Wildman–Crippen MR) is 101 cm³/mol. The molecule has 0 saturated heterocycles. The number of amides is 1. The summed E-state index contributed by atoms with van der Waals surface area (Å²) >= 11 is 1.57. The van der Waals surface area contributed by atoms with Crippen molar-refractivity contribution < 1.29 is 9.53 Å². The summed E-state index contributed by atoms with van der Waals surface area (Å²) in [5.41, 5.74) is 3.64. The van der Waals surface area contributed by atoms with E-state index in [0.29, 0.717) is 5.88 Å². The van der Waals surface area contributed by atoms with Crippen LogP contribution in [0.15, 0.2) is 48.0 Å². The van der Waals surface area contributed by atoms with Gasteiger partial charge in [0.15, 0.2) is 0 Å². The van der Waals surface area contributed by atoms with Crippen molar-refractivity contribution in [1.82, 2.24) is 9.97 Å². The molecule has 0 aliphatic heterocycles. The third kappa shape index (κ3) is 4.42. The molecule has 5 nitrogen and oxygen atoms in total. The molecule has 1 amide bonds. The van der Waals surface area contributed by atoms with Gasteiger partial charge in [0.25, 0.3) is 0 Å². The van der Waals surface area contributed by atoms with E-state index in [2.05, 4.69) is 15.3 Å². The largest absolute Gasteiger partial charge is 0.475 e. The van der Waals surface area contributed by atoms with E-state index >= 15 is 0 Å². The van der Waals surface area contributed by atoms with Crippen LogP contribution in [0.1, 0.15) is 20.8 Å². The molecule has 0 bridgehead atoms. The summed E-state index contributed by atoms with van der Waals surface area (Å²) in [7, 11) is 0. The number of aromatic nitrogens is 2. The Labute approximate surface area is 150 Å². The molecule has 6 heteroatoms. The minimum Gasteiger partial charge on any atom is -0.475 e. The van der Waals surface area contributed by atoms with E-state index in [1.165, 1.54) is 6.92 Å².